The summed E-state index contributed by atoms with van der Waals surface area (Å²) in [6.07, 6.45) is 7.72. The van der Waals surface area contributed by atoms with Gasteiger partial charge in [-0.05, 0) is 24.3 Å². The van der Waals surface area contributed by atoms with Gasteiger partial charge in [-0.15, -0.1) is 11.3 Å². The van der Waals surface area contributed by atoms with Gasteiger partial charge in [-0.1, -0.05) is 31.0 Å². The first-order valence-corrected chi connectivity index (χ1v) is 11.5. The van der Waals surface area contributed by atoms with Crippen molar-refractivity contribution < 1.29 is 9.53 Å². The number of nitrogens with one attached hydrogen (secondary N) is 1. The molecule has 1 saturated heterocycles. The molecule has 1 aliphatic heterocycles. The Labute approximate surface area is 168 Å². The third-order valence-corrected chi connectivity index (χ3v) is 7.47. The Balaban J connectivity index is 1.34. The van der Waals surface area contributed by atoms with Crippen LogP contribution in [0.25, 0.3) is 10.2 Å². The number of carbonyl (C=O) groups is 1. The summed E-state index contributed by atoms with van der Waals surface area (Å²) in [5.41, 5.74) is 0.109. The number of thiophene rings is 1. The van der Waals surface area contributed by atoms with E-state index < -0.39 is 0 Å². The van der Waals surface area contributed by atoms with Crippen LogP contribution in [0.4, 0.5) is 0 Å². The number of nitrogens with zero attached hydrogens (tertiary/aromatic N) is 3. The number of thioether (sulfide) groups is 1. The van der Waals surface area contributed by atoms with Crippen molar-refractivity contribution in [1.29, 1.82) is 0 Å². The molecular weight excluding hydrogens is 380 g/mol. The summed E-state index contributed by atoms with van der Waals surface area (Å²) in [5, 5.41) is 7.16. The number of fused-ring (bicyclic) bond motifs is 1. The molecule has 2 aromatic rings. The summed E-state index contributed by atoms with van der Waals surface area (Å²) < 4.78 is 5.53. The van der Waals surface area contributed by atoms with E-state index in [-0.39, 0.29) is 11.4 Å². The summed E-state index contributed by atoms with van der Waals surface area (Å²) in [4.78, 5) is 24.7. The molecule has 0 atom stereocenters. The molecule has 4 rings (SSSR count). The van der Waals surface area contributed by atoms with Crippen molar-refractivity contribution in [2.24, 2.45) is 0 Å². The molecule has 1 amide bonds. The Hall–Kier alpha value is -1.22. The van der Waals surface area contributed by atoms with E-state index in [9.17, 15) is 4.79 Å². The van der Waals surface area contributed by atoms with Gasteiger partial charge in [-0.3, -0.25) is 9.69 Å². The minimum absolute atomic E-state index is 0.0835. The van der Waals surface area contributed by atoms with E-state index in [1.54, 1.807) is 17.7 Å². The zero-order chi connectivity index (χ0) is 18.5. The molecule has 3 heterocycles. The highest BCUT2D eigenvalue weighted by Crippen LogP contribution is 2.34. The first kappa shape index (κ1) is 19.1. The maximum atomic E-state index is 12.5. The van der Waals surface area contributed by atoms with Crippen LogP contribution in [0.5, 0.6) is 0 Å². The second-order valence-electron chi connectivity index (χ2n) is 7.27. The lowest BCUT2D eigenvalue weighted by Crippen LogP contribution is -2.59. The normalized spacial score (nSPS) is 20.6. The third-order valence-electron chi connectivity index (χ3n) is 5.65. The molecule has 0 spiro atoms. The molecule has 27 heavy (non-hydrogen) atoms. The number of ether oxygens (including phenoxy) is 1. The molecule has 2 fully saturated rings. The van der Waals surface area contributed by atoms with Crippen molar-refractivity contribution in [3.8, 4) is 0 Å². The van der Waals surface area contributed by atoms with E-state index in [1.165, 1.54) is 43.9 Å². The molecule has 0 aromatic carbocycles. The maximum absolute atomic E-state index is 12.5. The van der Waals surface area contributed by atoms with Crippen LogP contribution < -0.4 is 5.32 Å². The highest BCUT2D eigenvalue weighted by atomic mass is 32.2. The van der Waals surface area contributed by atoms with Crippen molar-refractivity contribution in [2.75, 3.05) is 38.6 Å². The number of aromatic nitrogens is 2. The molecule has 2 aliphatic rings. The predicted molar refractivity (Wildman–Crippen MR) is 109 cm³/mol. The zero-order valence-corrected chi connectivity index (χ0v) is 17.1. The summed E-state index contributed by atoms with van der Waals surface area (Å²) in [6, 6.07) is 2.02. The average Bonchev–Trinajstić information content (AvgIpc) is 3.21. The molecular formula is C19H26N4O2S2. The standard InChI is InChI=1S/C19H26N4O2S2/c24-16(12-27-18-15-4-11-26-17(15)21-14-22-18)20-13-19(5-2-1-3-6-19)23-7-9-25-10-8-23/h4,11,14H,1-3,5-10,12-13H2,(H,20,24). The highest BCUT2D eigenvalue weighted by molar-refractivity contribution is 8.00. The zero-order valence-electron chi connectivity index (χ0n) is 15.5. The molecule has 1 aliphatic carbocycles. The summed E-state index contributed by atoms with van der Waals surface area (Å²) >= 11 is 3.09. The number of hydrogen-bond donors (Lipinski definition) is 1. The van der Waals surface area contributed by atoms with E-state index in [4.69, 9.17) is 4.74 Å². The minimum Gasteiger partial charge on any atom is -0.379 e. The molecule has 0 radical (unpaired) electrons. The van der Waals surface area contributed by atoms with Gasteiger partial charge in [-0.25, -0.2) is 9.97 Å². The molecule has 0 bridgehead atoms. The van der Waals surface area contributed by atoms with E-state index in [2.05, 4.69) is 20.2 Å². The van der Waals surface area contributed by atoms with Crippen LogP contribution >= 0.6 is 23.1 Å². The van der Waals surface area contributed by atoms with Crippen molar-refractivity contribution in [2.45, 2.75) is 42.7 Å². The van der Waals surface area contributed by atoms with Gasteiger partial charge in [0, 0.05) is 30.6 Å². The van der Waals surface area contributed by atoms with Crippen molar-refractivity contribution in [1.82, 2.24) is 20.2 Å². The van der Waals surface area contributed by atoms with E-state index in [0.717, 1.165) is 48.1 Å². The minimum atomic E-state index is 0.0835. The molecule has 1 saturated carbocycles. The number of carbonyl (C=O) groups excluding carboxylic acids is 1. The summed E-state index contributed by atoms with van der Waals surface area (Å²) in [5.74, 6) is 0.474. The molecule has 0 unspecified atom stereocenters. The Kier molecular flexibility index (Phi) is 6.27. The van der Waals surface area contributed by atoms with Gasteiger partial charge in [0.05, 0.1) is 19.0 Å². The van der Waals surface area contributed by atoms with Crippen molar-refractivity contribution in [3.05, 3.63) is 17.8 Å². The summed E-state index contributed by atoms with van der Waals surface area (Å²) in [7, 11) is 0. The second-order valence-corrected chi connectivity index (χ2v) is 9.13. The number of rotatable bonds is 6. The van der Waals surface area contributed by atoms with E-state index in [0.29, 0.717) is 5.75 Å². The second kappa shape index (κ2) is 8.86. The van der Waals surface area contributed by atoms with Crippen LogP contribution in [0.15, 0.2) is 22.8 Å². The lowest BCUT2D eigenvalue weighted by atomic mass is 9.79. The molecule has 2 aromatic heterocycles. The van der Waals surface area contributed by atoms with Gasteiger partial charge in [0.25, 0.3) is 0 Å². The Morgan fingerprint density at radius 2 is 2.07 bits per heavy atom. The lowest BCUT2D eigenvalue weighted by Gasteiger charge is -2.48. The fourth-order valence-electron chi connectivity index (χ4n) is 4.18. The summed E-state index contributed by atoms with van der Waals surface area (Å²) in [6.45, 7) is 4.29. The van der Waals surface area contributed by atoms with Crippen LogP contribution in [-0.4, -0.2) is 64.9 Å². The lowest BCUT2D eigenvalue weighted by molar-refractivity contribution is -0.119. The maximum Gasteiger partial charge on any atom is 0.230 e. The largest absolute Gasteiger partial charge is 0.379 e. The van der Waals surface area contributed by atoms with Gasteiger partial charge in [0.2, 0.25) is 5.91 Å². The molecule has 146 valence electrons. The Morgan fingerprint density at radius 3 is 2.89 bits per heavy atom. The number of hydrogen-bond acceptors (Lipinski definition) is 7. The van der Waals surface area contributed by atoms with Gasteiger partial charge < -0.3 is 10.1 Å². The number of amides is 1. The topological polar surface area (TPSA) is 67.4 Å². The fraction of sp³-hybridized carbons (Fsp3) is 0.632. The van der Waals surface area contributed by atoms with Crippen molar-refractivity contribution >= 4 is 39.2 Å². The van der Waals surface area contributed by atoms with Gasteiger partial charge in [0.1, 0.15) is 16.2 Å². The quantitative estimate of drug-likeness (QED) is 0.588. The van der Waals surface area contributed by atoms with Crippen LogP contribution in [0, 0.1) is 0 Å². The van der Waals surface area contributed by atoms with Crippen LogP contribution in [0.2, 0.25) is 0 Å². The van der Waals surface area contributed by atoms with Crippen LogP contribution in [-0.2, 0) is 9.53 Å². The molecule has 8 heteroatoms. The first-order valence-electron chi connectivity index (χ1n) is 9.67. The van der Waals surface area contributed by atoms with E-state index in [1.807, 2.05) is 11.4 Å². The van der Waals surface area contributed by atoms with Gasteiger partial charge in [0.15, 0.2) is 0 Å². The monoisotopic (exact) mass is 406 g/mol. The fourth-order valence-corrected chi connectivity index (χ4v) is 5.79. The van der Waals surface area contributed by atoms with Gasteiger partial charge >= 0.3 is 0 Å². The van der Waals surface area contributed by atoms with Crippen molar-refractivity contribution in [3.63, 3.8) is 0 Å². The Bertz CT molecular complexity index is 770. The first-order chi connectivity index (χ1) is 13.3. The number of morpholine rings is 1. The van der Waals surface area contributed by atoms with E-state index >= 15 is 0 Å². The average molecular weight is 407 g/mol. The predicted octanol–water partition coefficient (Wildman–Crippen LogP) is 2.93. The van der Waals surface area contributed by atoms with Crippen LogP contribution in [0.1, 0.15) is 32.1 Å². The molecule has 1 N–H and O–H groups in total. The van der Waals surface area contributed by atoms with Gasteiger partial charge in [-0.2, -0.15) is 0 Å². The Morgan fingerprint density at radius 1 is 1.26 bits per heavy atom. The van der Waals surface area contributed by atoms with Crippen LogP contribution in [0.3, 0.4) is 0 Å². The third kappa shape index (κ3) is 4.45. The molecule has 6 nitrogen and oxygen atoms in total. The highest BCUT2D eigenvalue weighted by Gasteiger charge is 2.38. The SMILES string of the molecule is O=C(CSc1ncnc2sccc12)NCC1(N2CCOCC2)CCCCC1. The smallest absolute Gasteiger partial charge is 0.230 e.